The van der Waals surface area contributed by atoms with Gasteiger partial charge in [0.15, 0.2) is 0 Å². The van der Waals surface area contributed by atoms with Crippen LogP contribution in [0, 0.1) is 24.0 Å². The summed E-state index contributed by atoms with van der Waals surface area (Å²) in [6, 6.07) is 4.04. The first-order valence-electron chi connectivity index (χ1n) is 10.2. The molecule has 1 saturated carbocycles. The number of aryl methyl sites for hydroxylation is 1. The highest BCUT2D eigenvalue weighted by Crippen LogP contribution is 2.49. The minimum atomic E-state index is -1.18. The number of nitrogens with one attached hydrogen (secondary N) is 1. The second kappa shape index (κ2) is 7.64. The zero-order valence-electron chi connectivity index (χ0n) is 17.4. The Morgan fingerprint density at radius 3 is 2.65 bits per heavy atom. The molecule has 4 rings (SSSR count). The van der Waals surface area contributed by atoms with Gasteiger partial charge < -0.3 is 15.3 Å². The van der Waals surface area contributed by atoms with Gasteiger partial charge in [-0.2, -0.15) is 0 Å². The first kappa shape index (κ1) is 21.3. The van der Waals surface area contributed by atoms with Crippen molar-refractivity contribution >= 4 is 17.5 Å². The average Bonchev–Trinajstić information content (AvgIpc) is 2.95. The first-order valence-corrected chi connectivity index (χ1v) is 10.2. The van der Waals surface area contributed by atoms with Gasteiger partial charge in [-0.15, -0.1) is 0 Å². The summed E-state index contributed by atoms with van der Waals surface area (Å²) in [7, 11) is 0. The molecule has 2 amide bonds. The van der Waals surface area contributed by atoms with E-state index in [1.54, 1.807) is 13.8 Å². The Hall–Kier alpha value is -2.94. The van der Waals surface area contributed by atoms with Gasteiger partial charge in [0.1, 0.15) is 23.2 Å². The number of aliphatic hydroxyl groups is 1. The smallest absolute Gasteiger partial charge is 0.270 e. The van der Waals surface area contributed by atoms with Crippen molar-refractivity contribution in [2.24, 2.45) is 5.41 Å². The predicted molar refractivity (Wildman–Crippen MR) is 108 cm³/mol. The van der Waals surface area contributed by atoms with E-state index in [1.807, 2.05) is 0 Å². The summed E-state index contributed by atoms with van der Waals surface area (Å²) in [6.07, 6.45) is 2.73. The Morgan fingerprint density at radius 2 is 1.97 bits per heavy atom. The molecular weight excluding hydrogens is 406 g/mol. The van der Waals surface area contributed by atoms with Crippen molar-refractivity contribution in [2.75, 3.05) is 11.4 Å². The zero-order valence-corrected chi connectivity index (χ0v) is 17.4. The largest absolute Gasteiger partial charge is 0.390 e. The number of amides is 2. The number of hydrogen-bond donors (Lipinski definition) is 2. The number of halogens is 2. The molecule has 1 aromatic heterocycles. The Balaban J connectivity index is 1.56. The van der Waals surface area contributed by atoms with E-state index in [2.05, 4.69) is 15.3 Å². The second-order valence-corrected chi connectivity index (χ2v) is 8.86. The van der Waals surface area contributed by atoms with E-state index in [-0.39, 0.29) is 36.7 Å². The Morgan fingerprint density at radius 1 is 1.26 bits per heavy atom. The molecular formula is C22H24F2N4O3. The molecule has 2 aromatic rings. The lowest BCUT2D eigenvalue weighted by Gasteiger charge is -2.44. The van der Waals surface area contributed by atoms with Crippen molar-refractivity contribution < 1.29 is 23.5 Å². The van der Waals surface area contributed by atoms with Crippen molar-refractivity contribution in [1.82, 2.24) is 15.3 Å². The highest BCUT2D eigenvalue weighted by Gasteiger charge is 2.55. The topological polar surface area (TPSA) is 95.4 Å². The first-order chi connectivity index (χ1) is 14.6. The van der Waals surface area contributed by atoms with Crippen LogP contribution in [0.1, 0.15) is 48.9 Å². The fourth-order valence-electron chi connectivity index (χ4n) is 5.01. The maximum atomic E-state index is 13.7. The number of carbonyl (C=O) groups excluding carboxylic acids is 2. The van der Waals surface area contributed by atoms with Crippen LogP contribution in [0.25, 0.3) is 0 Å². The molecule has 1 unspecified atom stereocenters. The average molecular weight is 430 g/mol. The summed E-state index contributed by atoms with van der Waals surface area (Å²) in [4.78, 5) is 35.5. The third kappa shape index (κ3) is 4.27. The SMILES string of the molecule is Cc1nccc(C(=O)N[C@@H]2CC(C)(O)C[C@]3(CCN(c4cc(F)cc(F)c4)C3=O)C2)n1. The molecule has 1 aliphatic carbocycles. The number of carbonyl (C=O) groups is 2. The van der Waals surface area contributed by atoms with Gasteiger partial charge in [0.25, 0.3) is 5.91 Å². The normalized spacial score (nSPS) is 28.2. The summed E-state index contributed by atoms with van der Waals surface area (Å²) < 4.78 is 27.4. The van der Waals surface area contributed by atoms with E-state index >= 15 is 0 Å². The fourth-order valence-corrected chi connectivity index (χ4v) is 5.01. The molecule has 1 saturated heterocycles. The van der Waals surface area contributed by atoms with Crippen LogP contribution in [0.4, 0.5) is 14.5 Å². The van der Waals surface area contributed by atoms with Gasteiger partial charge >= 0.3 is 0 Å². The quantitative estimate of drug-likeness (QED) is 0.780. The molecule has 3 atom stereocenters. The number of rotatable bonds is 3. The van der Waals surface area contributed by atoms with Crippen molar-refractivity contribution in [2.45, 2.75) is 51.2 Å². The maximum Gasteiger partial charge on any atom is 0.270 e. The Bertz CT molecular complexity index is 1020. The molecule has 2 heterocycles. The molecule has 9 heteroatoms. The van der Waals surface area contributed by atoms with Gasteiger partial charge in [-0.05, 0) is 57.7 Å². The molecule has 2 N–H and O–H groups in total. The van der Waals surface area contributed by atoms with Crippen molar-refractivity contribution in [3.63, 3.8) is 0 Å². The van der Waals surface area contributed by atoms with Crippen LogP contribution < -0.4 is 10.2 Å². The molecule has 0 radical (unpaired) electrons. The third-order valence-electron chi connectivity index (χ3n) is 6.06. The standard InChI is InChI=1S/C22H24F2N4O3/c1-13-25-5-3-18(26-13)19(29)27-16-10-21(2,31)12-22(11-16)4-6-28(20(22)30)17-8-14(23)7-15(24)9-17/h3,5,7-9,16,31H,4,6,10-12H2,1-2H3,(H,27,29)/t16-,21?,22+/m1/s1. The second-order valence-electron chi connectivity index (χ2n) is 8.86. The van der Waals surface area contributed by atoms with Crippen molar-refractivity contribution in [3.05, 3.63) is 53.6 Å². The predicted octanol–water partition coefficient (Wildman–Crippen LogP) is 2.52. The summed E-state index contributed by atoms with van der Waals surface area (Å²) in [6.45, 7) is 3.60. The molecule has 2 aliphatic rings. The molecule has 1 spiro atoms. The van der Waals surface area contributed by atoms with E-state index < -0.39 is 34.6 Å². The molecule has 31 heavy (non-hydrogen) atoms. The molecule has 0 bridgehead atoms. The van der Waals surface area contributed by atoms with Crippen molar-refractivity contribution in [1.29, 1.82) is 0 Å². The molecule has 2 fully saturated rings. The summed E-state index contributed by atoms with van der Waals surface area (Å²) in [5.41, 5.74) is -1.75. The Labute approximate surface area is 178 Å². The van der Waals surface area contributed by atoms with Gasteiger partial charge in [0, 0.05) is 30.5 Å². The van der Waals surface area contributed by atoms with Crippen molar-refractivity contribution in [3.8, 4) is 0 Å². The maximum absolute atomic E-state index is 13.7. The molecule has 164 valence electrons. The van der Waals surface area contributed by atoms with Gasteiger partial charge in [-0.3, -0.25) is 9.59 Å². The van der Waals surface area contributed by atoms with Crippen LogP contribution in [0.3, 0.4) is 0 Å². The van der Waals surface area contributed by atoms with Gasteiger partial charge in [-0.1, -0.05) is 0 Å². The highest BCUT2D eigenvalue weighted by molar-refractivity contribution is 6.00. The van der Waals surface area contributed by atoms with E-state index in [0.29, 0.717) is 18.7 Å². The monoisotopic (exact) mass is 430 g/mol. The van der Waals surface area contributed by atoms with Crippen LogP contribution in [0.2, 0.25) is 0 Å². The highest BCUT2D eigenvalue weighted by atomic mass is 19.1. The molecule has 1 aliphatic heterocycles. The van der Waals surface area contributed by atoms with Crippen LogP contribution in [0.5, 0.6) is 0 Å². The van der Waals surface area contributed by atoms with Crippen LogP contribution >= 0.6 is 0 Å². The summed E-state index contributed by atoms with van der Waals surface area (Å²) in [5, 5.41) is 13.8. The van der Waals surface area contributed by atoms with E-state index in [1.165, 1.54) is 17.2 Å². The Kier molecular flexibility index (Phi) is 5.25. The lowest BCUT2D eigenvalue weighted by molar-refractivity contribution is -0.134. The molecule has 7 nitrogen and oxygen atoms in total. The number of nitrogens with zero attached hydrogens (tertiary/aromatic N) is 3. The van der Waals surface area contributed by atoms with Gasteiger partial charge in [-0.25, -0.2) is 18.7 Å². The van der Waals surface area contributed by atoms with Crippen LogP contribution in [0.15, 0.2) is 30.5 Å². The summed E-state index contributed by atoms with van der Waals surface area (Å²) >= 11 is 0. The van der Waals surface area contributed by atoms with Crippen LogP contribution in [-0.2, 0) is 4.79 Å². The third-order valence-corrected chi connectivity index (χ3v) is 6.06. The minimum absolute atomic E-state index is 0.154. The molecule has 1 aromatic carbocycles. The van der Waals surface area contributed by atoms with Gasteiger partial charge in [0.2, 0.25) is 5.91 Å². The van der Waals surface area contributed by atoms with Gasteiger partial charge in [0.05, 0.1) is 11.0 Å². The van der Waals surface area contributed by atoms with Crippen LogP contribution in [-0.4, -0.2) is 45.1 Å². The number of benzene rings is 1. The van der Waals surface area contributed by atoms with E-state index in [4.69, 9.17) is 0 Å². The lowest BCUT2D eigenvalue weighted by Crippen LogP contribution is -2.53. The zero-order chi connectivity index (χ0) is 22.4. The number of aromatic nitrogens is 2. The fraction of sp³-hybridized carbons (Fsp3) is 0.455. The minimum Gasteiger partial charge on any atom is -0.390 e. The summed E-state index contributed by atoms with van der Waals surface area (Å²) in [5.74, 6) is -1.76. The van der Waals surface area contributed by atoms with E-state index in [9.17, 15) is 23.5 Å². The number of anilines is 1. The van der Waals surface area contributed by atoms with E-state index in [0.717, 1.165) is 18.2 Å². The lowest BCUT2D eigenvalue weighted by atomic mass is 9.65. The number of hydrogen-bond acceptors (Lipinski definition) is 5.